The van der Waals surface area contributed by atoms with Gasteiger partial charge in [-0.05, 0) is 41.9 Å². The van der Waals surface area contributed by atoms with Gasteiger partial charge in [0.1, 0.15) is 0 Å². The fourth-order valence-corrected chi connectivity index (χ4v) is 3.33. The van der Waals surface area contributed by atoms with Crippen molar-refractivity contribution in [2.45, 2.75) is 25.0 Å². The number of hydrogen-bond acceptors (Lipinski definition) is 4. The molecule has 20 heavy (non-hydrogen) atoms. The van der Waals surface area contributed by atoms with Crippen LogP contribution in [0.3, 0.4) is 0 Å². The number of rotatable bonds is 3. The van der Waals surface area contributed by atoms with Gasteiger partial charge in [0.2, 0.25) is 0 Å². The van der Waals surface area contributed by atoms with E-state index in [1.807, 2.05) is 13.8 Å². The van der Waals surface area contributed by atoms with Crippen LogP contribution in [0.4, 0.5) is 0 Å². The van der Waals surface area contributed by atoms with E-state index < -0.39 is 9.05 Å². The van der Waals surface area contributed by atoms with Gasteiger partial charge in [-0.2, -0.15) is 0 Å². The third-order valence-electron chi connectivity index (χ3n) is 2.59. The highest BCUT2D eigenvalue weighted by atomic mass is 79.9. The summed E-state index contributed by atoms with van der Waals surface area (Å²) in [4.78, 5) is 0. The Morgan fingerprint density at radius 3 is 2.50 bits per heavy atom. The Kier molecular flexibility index (Phi) is 4.44. The molecule has 5 nitrogen and oxygen atoms in total. The van der Waals surface area contributed by atoms with Crippen LogP contribution in [0.25, 0.3) is 11.4 Å². The minimum atomic E-state index is -3.98. The maximum absolute atomic E-state index is 11.6. The smallest absolute Gasteiger partial charge is 0.294 e. The monoisotopic (exact) mass is 397 g/mol. The molecule has 0 saturated carbocycles. The molecule has 0 aliphatic carbocycles. The first-order valence-electron chi connectivity index (χ1n) is 5.57. The standard InChI is InChI=1S/C11H10BrCl2N3O2S/c1-6(2)17-10(15-16-11(17)20(14,18)19)7-4-3-5-8(12)9(7)13/h3-6H,1-2H3. The van der Waals surface area contributed by atoms with Crippen LogP contribution in [0.2, 0.25) is 5.02 Å². The largest absolute Gasteiger partial charge is 0.296 e. The molecular weight excluding hydrogens is 389 g/mol. The lowest BCUT2D eigenvalue weighted by atomic mass is 10.2. The molecule has 1 heterocycles. The average Bonchev–Trinajstić information content (AvgIpc) is 2.77. The summed E-state index contributed by atoms with van der Waals surface area (Å²) < 4.78 is 25.2. The normalized spacial score (nSPS) is 12.1. The van der Waals surface area contributed by atoms with Crippen LogP contribution < -0.4 is 0 Å². The highest BCUT2D eigenvalue weighted by Gasteiger charge is 2.26. The Hall–Kier alpha value is -0.630. The second-order valence-electron chi connectivity index (χ2n) is 4.31. The van der Waals surface area contributed by atoms with Crippen LogP contribution in [0.1, 0.15) is 19.9 Å². The fraction of sp³-hybridized carbons (Fsp3) is 0.273. The molecule has 0 fully saturated rings. The van der Waals surface area contributed by atoms with Gasteiger partial charge < -0.3 is 0 Å². The molecule has 0 unspecified atom stereocenters. The number of benzene rings is 1. The maximum atomic E-state index is 11.6. The van der Waals surface area contributed by atoms with E-state index in [0.717, 1.165) is 0 Å². The molecule has 0 aliphatic rings. The van der Waals surface area contributed by atoms with Gasteiger partial charge >= 0.3 is 0 Å². The van der Waals surface area contributed by atoms with E-state index >= 15 is 0 Å². The Morgan fingerprint density at radius 2 is 1.95 bits per heavy atom. The van der Waals surface area contributed by atoms with Crippen molar-refractivity contribution in [2.24, 2.45) is 0 Å². The van der Waals surface area contributed by atoms with Crippen molar-refractivity contribution in [3.63, 3.8) is 0 Å². The first kappa shape index (κ1) is 15.8. The zero-order valence-corrected chi connectivity index (χ0v) is 14.4. The Balaban J connectivity index is 2.76. The molecule has 0 saturated heterocycles. The van der Waals surface area contributed by atoms with Gasteiger partial charge in [0.05, 0.1) is 5.02 Å². The van der Waals surface area contributed by atoms with Crippen molar-refractivity contribution in [3.8, 4) is 11.4 Å². The average molecular weight is 399 g/mol. The van der Waals surface area contributed by atoms with Crippen LogP contribution in [0, 0.1) is 0 Å². The molecule has 0 aliphatic heterocycles. The van der Waals surface area contributed by atoms with Crippen molar-refractivity contribution in [1.82, 2.24) is 14.8 Å². The predicted molar refractivity (Wildman–Crippen MR) is 81.6 cm³/mol. The van der Waals surface area contributed by atoms with Gasteiger partial charge in [0.25, 0.3) is 14.2 Å². The number of aromatic nitrogens is 3. The molecule has 9 heteroatoms. The summed E-state index contributed by atoms with van der Waals surface area (Å²) in [7, 11) is 1.40. The van der Waals surface area contributed by atoms with E-state index in [1.54, 1.807) is 18.2 Å². The molecule has 2 aromatic rings. The maximum Gasteiger partial charge on any atom is 0.296 e. The summed E-state index contributed by atoms with van der Waals surface area (Å²) in [5.74, 6) is 0.352. The summed E-state index contributed by atoms with van der Waals surface area (Å²) in [5.41, 5.74) is 0.578. The first-order chi connectivity index (χ1) is 9.23. The van der Waals surface area contributed by atoms with E-state index in [9.17, 15) is 8.42 Å². The summed E-state index contributed by atoms with van der Waals surface area (Å²) in [6.45, 7) is 3.62. The lowest BCUT2D eigenvalue weighted by molar-refractivity contribution is 0.530. The highest BCUT2D eigenvalue weighted by molar-refractivity contribution is 9.10. The summed E-state index contributed by atoms with van der Waals surface area (Å²) in [5, 5.41) is 7.73. The van der Waals surface area contributed by atoms with Crippen molar-refractivity contribution in [3.05, 3.63) is 27.7 Å². The zero-order chi connectivity index (χ0) is 15.1. The van der Waals surface area contributed by atoms with Gasteiger partial charge in [0, 0.05) is 26.8 Å². The fourth-order valence-electron chi connectivity index (χ4n) is 1.77. The molecule has 108 valence electrons. The van der Waals surface area contributed by atoms with E-state index in [0.29, 0.717) is 20.9 Å². The topological polar surface area (TPSA) is 64.8 Å². The van der Waals surface area contributed by atoms with Crippen LogP contribution in [-0.2, 0) is 9.05 Å². The summed E-state index contributed by atoms with van der Waals surface area (Å²) in [6, 6.07) is 5.10. The van der Waals surface area contributed by atoms with Crippen molar-refractivity contribution in [1.29, 1.82) is 0 Å². The summed E-state index contributed by atoms with van der Waals surface area (Å²) in [6.07, 6.45) is 0. The predicted octanol–water partition coefficient (Wildman–Crippen LogP) is 3.87. The van der Waals surface area contributed by atoms with Crippen LogP contribution in [0.15, 0.2) is 27.8 Å². The lowest BCUT2D eigenvalue weighted by Gasteiger charge is -2.13. The summed E-state index contributed by atoms with van der Waals surface area (Å²) >= 11 is 9.54. The van der Waals surface area contributed by atoms with E-state index in [4.69, 9.17) is 22.3 Å². The zero-order valence-electron chi connectivity index (χ0n) is 10.5. The number of hydrogen-bond donors (Lipinski definition) is 0. The molecular formula is C11H10BrCl2N3O2S. The molecule has 0 bridgehead atoms. The Labute approximate surface area is 134 Å². The first-order valence-corrected chi connectivity index (χ1v) is 9.05. The van der Waals surface area contributed by atoms with E-state index in [2.05, 4.69) is 26.1 Å². The SMILES string of the molecule is CC(C)n1c(-c2cccc(Br)c2Cl)nnc1S(=O)(=O)Cl. The van der Waals surface area contributed by atoms with E-state index in [-0.39, 0.29) is 11.2 Å². The second kappa shape index (κ2) is 5.63. The number of halogens is 3. The quantitative estimate of drug-likeness (QED) is 0.736. The molecule has 1 aromatic carbocycles. The van der Waals surface area contributed by atoms with Crippen molar-refractivity contribution in [2.75, 3.05) is 0 Å². The second-order valence-corrected chi connectivity index (χ2v) is 8.00. The minimum Gasteiger partial charge on any atom is -0.294 e. The molecule has 0 atom stereocenters. The molecule has 1 aromatic heterocycles. The van der Waals surface area contributed by atoms with Gasteiger partial charge in [0.15, 0.2) is 5.82 Å². The third-order valence-corrected chi connectivity index (χ3v) is 5.02. The lowest BCUT2D eigenvalue weighted by Crippen LogP contribution is -2.10. The van der Waals surface area contributed by atoms with E-state index in [1.165, 1.54) is 4.57 Å². The molecule has 0 amide bonds. The van der Waals surface area contributed by atoms with Gasteiger partial charge in [-0.25, -0.2) is 8.42 Å². The van der Waals surface area contributed by atoms with Gasteiger partial charge in [-0.15, -0.1) is 10.2 Å². The highest BCUT2D eigenvalue weighted by Crippen LogP contribution is 2.35. The minimum absolute atomic E-state index is 0.196. The van der Waals surface area contributed by atoms with Crippen molar-refractivity contribution < 1.29 is 8.42 Å². The van der Waals surface area contributed by atoms with Crippen molar-refractivity contribution >= 4 is 47.3 Å². The number of nitrogens with zero attached hydrogens (tertiary/aromatic N) is 3. The molecule has 0 N–H and O–H groups in total. The molecule has 0 radical (unpaired) electrons. The molecule has 2 rings (SSSR count). The van der Waals surface area contributed by atoms with Gasteiger partial charge in [-0.1, -0.05) is 17.7 Å². The van der Waals surface area contributed by atoms with Gasteiger partial charge in [-0.3, -0.25) is 4.57 Å². The van der Waals surface area contributed by atoms with Crippen LogP contribution >= 0.6 is 38.2 Å². The Bertz CT molecular complexity index is 759. The van der Waals surface area contributed by atoms with Crippen LogP contribution in [0.5, 0.6) is 0 Å². The van der Waals surface area contributed by atoms with Crippen LogP contribution in [-0.4, -0.2) is 23.2 Å². The molecule has 0 spiro atoms. The Morgan fingerprint density at radius 1 is 1.30 bits per heavy atom. The third kappa shape index (κ3) is 2.86.